The number of nitrogens with one attached hydrogen (secondary N) is 2. The predicted octanol–water partition coefficient (Wildman–Crippen LogP) is 4.73. The lowest BCUT2D eigenvalue weighted by Crippen LogP contribution is -2.21. The fourth-order valence-electron chi connectivity index (χ4n) is 4.45. The molecule has 0 spiro atoms. The highest BCUT2D eigenvalue weighted by atomic mass is 16.1. The van der Waals surface area contributed by atoms with Crippen LogP contribution in [0.3, 0.4) is 0 Å². The fourth-order valence-corrected chi connectivity index (χ4v) is 4.45. The van der Waals surface area contributed by atoms with Crippen LogP contribution in [-0.4, -0.2) is 35.6 Å². The van der Waals surface area contributed by atoms with E-state index in [4.69, 9.17) is 4.98 Å². The first-order valence-electron chi connectivity index (χ1n) is 12.6. The van der Waals surface area contributed by atoms with Gasteiger partial charge in [-0.3, -0.25) is 9.78 Å². The summed E-state index contributed by atoms with van der Waals surface area (Å²) in [6, 6.07) is 22.1. The van der Waals surface area contributed by atoms with Crippen LogP contribution in [0.1, 0.15) is 48.1 Å². The van der Waals surface area contributed by atoms with Crippen LogP contribution in [0.2, 0.25) is 0 Å². The quantitative estimate of drug-likeness (QED) is 0.292. The molecule has 0 aliphatic carbocycles. The van der Waals surface area contributed by atoms with Crippen molar-refractivity contribution in [2.45, 2.75) is 45.4 Å². The first kappa shape index (κ1) is 24.2. The molecule has 8 nitrogen and oxygen atoms in total. The van der Waals surface area contributed by atoms with Crippen LogP contribution in [0.15, 0.2) is 77.7 Å². The number of unbranched alkanes of at least 4 members (excludes halogenated alkanes) is 1. The van der Waals surface area contributed by atoms with Crippen molar-refractivity contribution >= 4 is 0 Å². The van der Waals surface area contributed by atoms with Crippen molar-refractivity contribution in [2.24, 2.45) is 0 Å². The van der Waals surface area contributed by atoms with Gasteiger partial charge < -0.3 is 4.98 Å². The van der Waals surface area contributed by atoms with Gasteiger partial charge in [-0.15, -0.1) is 10.2 Å². The number of hydrogen-bond acceptors (Lipinski definition) is 6. The maximum absolute atomic E-state index is 13.2. The Morgan fingerprint density at radius 1 is 0.865 bits per heavy atom. The third-order valence-corrected chi connectivity index (χ3v) is 6.42. The van der Waals surface area contributed by atoms with E-state index in [1.54, 1.807) is 6.20 Å². The lowest BCUT2D eigenvalue weighted by Gasteiger charge is -2.12. The normalized spacial score (nSPS) is 11.1. The number of H-pyrrole nitrogens is 2. The van der Waals surface area contributed by atoms with Crippen LogP contribution in [0.5, 0.6) is 0 Å². The molecule has 0 unspecified atom stereocenters. The molecule has 5 rings (SSSR count). The molecular formula is C29H29N7O. The van der Waals surface area contributed by atoms with E-state index in [1.165, 1.54) is 0 Å². The van der Waals surface area contributed by atoms with E-state index >= 15 is 0 Å². The first-order valence-corrected chi connectivity index (χ1v) is 12.6. The maximum atomic E-state index is 13.2. The van der Waals surface area contributed by atoms with Crippen molar-refractivity contribution in [3.8, 4) is 22.5 Å². The highest BCUT2D eigenvalue weighted by Gasteiger charge is 2.14. The van der Waals surface area contributed by atoms with E-state index in [0.29, 0.717) is 18.7 Å². The molecule has 2 N–H and O–H groups in total. The van der Waals surface area contributed by atoms with Crippen molar-refractivity contribution in [3.63, 3.8) is 0 Å². The molecule has 186 valence electrons. The van der Waals surface area contributed by atoms with Crippen molar-refractivity contribution in [3.05, 3.63) is 112 Å². The van der Waals surface area contributed by atoms with Crippen molar-refractivity contribution in [1.29, 1.82) is 0 Å². The summed E-state index contributed by atoms with van der Waals surface area (Å²) in [5.41, 5.74) is 6.63. The number of aromatic amines is 2. The van der Waals surface area contributed by atoms with Crippen molar-refractivity contribution in [1.82, 2.24) is 35.6 Å². The van der Waals surface area contributed by atoms with Gasteiger partial charge in [0.15, 0.2) is 0 Å². The van der Waals surface area contributed by atoms with Crippen LogP contribution in [0, 0.1) is 0 Å². The summed E-state index contributed by atoms with van der Waals surface area (Å²) in [5.74, 6) is 1.28. The van der Waals surface area contributed by atoms with E-state index < -0.39 is 0 Å². The molecule has 3 heterocycles. The number of hydrogen-bond donors (Lipinski definition) is 2. The van der Waals surface area contributed by atoms with E-state index in [-0.39, 0.29) is 5.56 Å². The summed E-state index contributed by atoms with van der Waals surface area (Å²) >= 11 is 0. The zero-order valence-corrected chi connectivity index (χ0v) is 20.8. The summed E-state index contributed by atoms with van der Waals surface area (Å²) < 4.78 is 0. The molecule has 3 aromatic heterocycles. The Balaban J connectivity index is 1.38. The van der Waals surface area contributed by atoms with Gasteiger partial charge in [-0.05, 0) is 53.3 Å². The number of rotatable bonds is 10. The summed E-state index contributed by atoms with van der Waals surface area (Å²) in [4.78, 5) is 25.5. The second-order valence-electron chi connectivity index (χ2n) is 9.02. The van der Waals surface area contributed by atoms with Gasteiger partial charge in [-0.25, -0.2) is 4.98 Å². The molecule has 0 saturated carbocycles. The molecule has 0 fully saturated rings. The molecule has 37 heavy (non-hydrogen) atoms. The topological polar surface area (TPSA) is 113 Å². The van der Waals surface area contributed by atoms with Crippen molar-refractivity contribution in [2.75, 3.05) is 0 Å². The Kier molecular flexibility index (Phi) is 7.55. The Bertz CT molecular complexity index is 1490. The maximum Gasteiger partial charge on any atom is 0.254 e. The SMILES string of the molecule is CCCCc1nc(CCc2ccccn2)[nH]c(=O)c1Cc1ccc(-c2ccccc2-c2nn[nH]n2)cc1. The minimum atomic E-state index is -0.0522. The molecule has 0 atom stereocenters. The van der Waals surface area contributed by atoms with Crippen LogP contribution >= 0.6 is 0 Å². The molecule has 0 radical (unpaired) electrons. The minimum absolute atomic E-state index is 0.0522. The molecule has 8 heteroatoms. The highest BCUT2D eigenvalue weighted by Crippen LogP contribution is 2.30. The zero-order valence-electron chi connectivity index (χ0n) is 20.8. The van der Waals surface area contributed by atoms with Crippen LogP contribution < -0.4 is 5.56 Å². The van der Waals surface area contributed by atoms with E-state index in [0.717, 1.165) is 70.7 Å². The average Bonchev–Trinajstić information content (AvgIpc) is 3.48. The first-order chi connectivity index (χ1) is 18.2. The molecule has 0 aliphatic heterocycles. The van der Waals surface area contributed by atoms with Gasteiger partial charge in [0.2, 0.25) is 5.82 Å². The summed E-state index contributed by atoms with van der Waals surface area (Å²) in [7, 11) is 0. The Morgan fingerprint density at radius 2 is 1.68 bits per heavy atom. The third kappa shape index (κ3) is 5.86. The molecule has 0 bridgehead atoms. The van der Waals surface area contributed by atoms with E-state index in [9.17, 15) is 4.79 Å². The molecule has 2 aromatic carbocycles. The average molecular weight is 492 g/mol. The van der Waals surface area contributed by atoms with Crippen LogP contribution in [0.4, 0.5) is 0 Å². The second kappa shape index (κ2) is 11.5. The predicted molar refractivity (Wildman–Crippen MR) is 143 cm³/mol. The largest absolute Gasteiger partial charge is 0.310 e. The Hall–Kier alpha value is -4.46. The van der Waals surface area contributed by atoms with Gasteiger partial charge in [0.25, 0.3) is 5.56 Å². The number of aromatic nitrogens is 7. The van der Waals surface area contributed by atoms with E-state index in [2.05, 4.69) is 61.8 Å². The molecule has 5 aromatic rings. The molecule has 0 saturated heterocycles. The minimum Gasteiger partial charge on any atom is -0.310 e. The van der Waals surface area contributed by atoms with Gasteiger partial charge in [-0.1, -0.05) is 67.9 Å². The number of benzene rings is 2. The zero-order chi connectivity index (χ0) is 25.5. The van der Waals surface area contributed by atoms with Gasteiger partial charge in [-0.2, -0.15) is 5.21 Å². The summed E-state index contributed by atoms with van der Waals surface area (Å²) in [5, 5.41) is 14.5. The second-order valence-corrected chi connectivity index (χ2v) is 9.02. The molecule has 0 aliphatic rings. The Labute approximate surface area is 215 Å². The number of tetrazole rings is 1. The van der Waals surface area contributed by atoms with Gasteiger partial charge in [0.05, 0.1) is 5.69 Å². The third-order valence-electron chi connectivity index (χ3n) is 6.42. The summed E-state index contributed by atoms with van der Waals surface area (Å²) in [6.45, 7) is 2.15. The standard InChI is InChI=1S/C29H29N7O/c1-2-3-11-26-25(29(37)32-27(31-26)17-16-22-8-6-7-18-30-22)19-20-12-14-21(15-13-20)23-9-4-5-10-24(23)28-33-35-36-34-28/h4-10,12-15,18H,2-3,11,16-17,19H2,1H3,(H,31,32,37)(H,33,34,35,36). The number of pyridine rings is 1. The lowest BCUT2D eigenvalue weighted by atomic mass is 9.96. The molecule has 0 amide bonds. The van der Waals surface area contributed by atoms with Gasteiger partial charge in [0.1, 0.15) is 5.82 Å². The summed E-state index contributed by atoms with van der Waals surface area (Å²) in [6.07, 6.45) is 6.55. The fraction of sp³-hybridized carbons (Fsp3) is 0.241. The smallest absolute Gasteiger partial charge is 0.254 e. The van der Waals surface area contributed by atoms with Crippen molar-refractivity contribution < 1.29 is 0 Å². The monoisotopic (exact) mass is 491 g/mol. The number of aryl methyl sites for hydroxylation is 3. The van der Waals surface area contributed by atoms with Crippen LogP contribution in [-0.2, 0) is 25.7 Å². The Morgan fingerprint density at radius 3 is 2.41 bits per heavy atom. The molecular weight excluding hydrogens is 462 g/mol. The van der Waals surface area contributed by atoms with Crippen LogP contribution in [0.25, 0.3) is 22.5 Å². The van der Waals surface area contributed by atoms with E-state index in [1.807, 2.05) is 42.5 Å². The van der Waals surface area contributed by atoms with Gasteiger partial charge >= 0.3 is 0 Å². The highest BCUT2D eigenvalue weighted by molar-refractivity contribution is 5.80. The lowest BCUT2D eigenvalue weighted by molar-refractivity contribution is 0.733. The number of nitrogens with zero attached hydrogens (tertiary/aromatic N) is 5. The van der Waals surface area contributed by atoms with Gasteiger partial charge in [0, 0.05) is 35.9 Å².